The van der Waals surface area contributed by atoms with E-state index in [-0.39, 0.29) is 46.7 Å². The van der Waals surface area contributed by atoms with E-state index < -0.39 is 17.6 Å². The molecule has 176 valence electrons. The van der Waals surface area contributed by atoms with E-state index in [2.05, 4.69) is 19.2 Å². The molecule has 2 aliphatic carbocycles. The van der Waals surface area contributed by atoms with Crippen LogP contribution < -0.4 is 5.32 Å². The number of benzene rings is 1. The first-order chi connectivity index (χ1) is 15.5. The van der Waals surface area contributed by atoms with Crippen molar-refractivity contribution in [1.82, 2.24) is 4.98 Å². The van der Waals surface area contributed by atoms with Crippen molar-refractivity contribution in [2.24, 2.45) is 23.2 Å². The molecule has 0 unspecified atom stereocenters. The number of hydrogen-bond donors (Lipinski definition) is 1. The molecule has 3 aliphatic rings. The van der Waals surface area contributed by atoms with Crippen molar-refractivity contribution in [1.29, 1.82) is 0 Å². The van der Waals surface area contributed by atoms with Crippen LogP contribution in [0.3, 0.4) is 0 Å². The Bertz CT molecular complexity index is 1110. The van der Waals surface area contributed by atoms with E-state index in [0.717, 1.165) is 42.0 Å². The first-order valence-electron chi connectivity index (χ1n) is 11.2. The van der Waals surface area contributed by atoms with Gasteiger partial charge in [0, 0.05) is 28.2 Å². The highest BCUT2D eigenvalue weighted by Gasteiger charge is 2.58. The van der Waals surface area contributed by atoms with Crippen molar-refractivity contribution in [3.63, 3.8) is 0 Å². The molecular weight excluding hydrogens is 453 g/mol. The highest BCUT2D eigenvalue weighted by atomic mass is 32.1. The van der Waals surface area contributed by atoms with E-state index in [1.165, 1.54) is 23.5 Å². The predicted molar refractivity (Wildman–Crippen MR) is 117 cm³/mol. The molecule has 9 heteroatoms. The number of ether oxygens (including phenoxy) is 1. The van der Waals surface area contributed by atoms with Crippen LogP contribution in [0.5, 0.6) is 0 Å². The zero-order chi connectivity index (χ0) is 23.7. The zero-order valence-corrected chi connectivity index (χ0v) is 19.3. The monoisotopic (exact) mass is 478 g/mol. The number of thiazole rings is 1. The van der Waals surface area contributed by atoms with Crippen LogP contribution in [0, 0.1) is 23.2 Å². The minimum atomic E-state index is -4.45. The molecule has 2 heterocycles. The minimum Gasteiger partial charge on any atom is -0.461 e. The number of nitrogens with one attached hydrogen (secondary N) is 1. The maximum Gasteiger partial charge on any atom is 0.416 e. The fraction of sp³-hybridized carbons (Fsp3) is 0.542. The van der Waals surface area contributed by atoms with Gasteiger partial charge >= 0.3 is 12.1 Å². The first-order valence-corrected chi connectivity index (χ1v) is 12.0. The van der Waals surface area contributed by atoms with Crippen LogP contribution in [0.1, 0.15) is 66.0 Å². The lowest BCUT2D eigenvalue weighted by molar-refractivity contribution is -0.149. The van der Waals surface area contributed by atoms with Gasteiger partial charge < -0.3 is 4.74 Å². The third kappa shape index (κ3) is 3.64. The van der Waals surface area contributed by atoms with E-state index in [1.807, 2.05) is 6.92 Å². The Morgan fingerprint density at radius 2 is 1.91 bits per heavy atom. The van der Waals surface area contributed by atoms with E-state index in [9.17, 15) is 22.8 Å². The molecule has 33 heavy (non-hydrogen) atoms. The Kier molecular flexibility index (Phi) is 5.12. The van der Waals surface area contributed by atoms with Crippen LogP contribution >= 0.6 is 11.3 Å². The number of anilines is 1. The van der Waals surface area contributed by atoms with Crippen molar-refractivity contribution in [2.75, 3.05) is 5.32 Å². The van der Waals surface area contributed by atoms with Gasteiger partial charge in [0.25, 0.3) is 5.91 Å². The van der Waals surface area contributed by atoms with Gasteiger partial charge in [-0.2, -0.15) is 13.2 Å². The summed E-state index contributed by atoms with van der Waals surface area (Å²) < 4.78 is 44.2. The van der Waals surface area contributed by atoms with Crippen molar-refractivity contribution in [3.05, 3.63) is 46.0 Å². The Morgan fingerprint density at radius 1 is 1.21 bits per heavy atom. The van der Waals surface area contributed by atoms with Gasteiger partial charge in [-0.3, -0.25) is 14.9 Å². The maximum absolute atomic E-state index is 12.8. The van der Waals surface area contributed by atoms with Gasteiger partial charge in [-0.05, 0) is 48.9 Å². The lowest BCUT2D eigenvalue weighted by Gasteiger charge is -2.51. The Morgan fingerprint density at radius 3 is 2.58 bits per heavy atom. The fourth-order valence-corrected chi connectivity index (χ4v) is 7.37. The first kappa shape index (κ1) is 22.4. The number of halogens is 3. The van der Waals surface area contributed by atoms with Crippen molar-refractivity contribution < 1.29 is 27.5 Å². The third-order valence-corrected chi connectivity index (χ3v) is 8.84. The van der Waals surface area contributed by atoms with Crippen LogP contribution in [-0.4, -0.2) is 23.0 Å². The number of alkyl halides is 3. The molecule has 5 rings (SSSR count). The van der Waals surface area contributed by atoms with Gasteiger partial charge in [0.05, 0.1) is 17.2 Å². The average Bonchev–Trinajstić information content (AvgIpc) is 3.26. The van der Waals surface area contributed by atoms with Gasteiger partial charge in [0.2, 0.25) is 0 Å². The lowest BCUT2D eigenvalue weighted by Crippen LogP contribution is -2.50. The van der Waals surface area contributed by atoms with E-state index in [1.54, 1.807) is 0 Å². The second kappa shape index (κ2) is 7.55. The second-order valence-electron chi connectivity index (χ2n) is 9.89. The number of amides is 1. The molecule has 0 radical (unpaired) electrons. The van der Waals surface area contributed by atoms with Gasteiger partial charge in [-0.1, -0.05) is 20.8 Å². The summed E-state index contributed by atoms with van der Waals surface area (Å²) in [6, 6.07) is 4.13. The van der Waals surface area contributed by atoms with Crippen LogP contribution in [0.15, 0.2) is 24.3 Å². The standard InChI is InChI=1S/C24H25F3N2O3S/c1-11-15-8-9-23(3)10-16-18(12(2)17(23)19(15)32-21(11)31)28-22(33-16)29-20(30)13-4-6-14(7-5-13)24(25,26)27/h4-7,11-12,15,17,19H,8-10H2,1-3H3,(H,28,29,30)/t11-,12-,15-,17+,19-,23-/m0/s1. The summed E-state index contributed by atoms with van der Waals surface area (Å²) in [5.74, 6) is -0.227. The molecule has 5 nitrogen and oxygen atoms in total. The van der Waals surface area contributed by atoms with Gasteiger partial charge in [0.15, 0.2) is 5.13 Å². The number of fused-ring (bicyclic) bond motifs is 4. The molecule has 1 aliphatic heterocycles. The number of carbonyl (C=O) groups excluding carboxylic acids is 2. The number of esters is 1. The topological polar surface area (TPSA) is 68.3 Å². The number of rotatable bonds is 2. The van der Waals surface area contributed by atoms with E-state index >= 15 is 0 Å². The summed E-state index contributed by atoms with van der Waals surface area (Å²) in [6.07, 6.45) is -1.78. The Balaban J connectivity index is 1.38. The van der Waals surface area contributed by atoms with Gasteiger partial charge in [-0.15, -0.1) is 11.3 Å². The molecule has 1 aromatic heterocycles. The average molecular weight is 479 g/mol. The summed E-state index contributed by atoms with van der Waals surface area (Å²) in [7, 11) is 0. The van der Waals surface area contributed by atoms with Crippen LogP contribution in [-0.2, 0) is 22.1 Å². The summed E-state index contributed by atoms with van der Waals surface area (Å²) in [4.78, 5) is 30.7. The molecular formula is C24H25F3N2O3S. The van der Waals surface area contributed by atoms with Crippen molar-refractivity contribution in [3.8, 4) is 0 Å². The highest BCUT2D eigenvalue weighted by Crippen LogP contribution is 2.59. The number of aromatic nitrogens is 1. The normalized spacial score (nSPS) is 33.0. The Hall–Kier alpha value is -2.42. The molecule has 6 atom stereocenters. The Labute approximate surface area is 193 Å². The molecule has 1 saturated heterocycles. The molecule has 0 spiro atoms. The molecule has 2 aromatic rings. The smallest absolute Gasteiger partial charge is 0.416 e. The van der Waals surface area contributed by atoms with Crippen LogP contribution in [0.2, 0.25) is 0 Å². The second-order valence-corrected chi connectivity index (χ2v) is 11.0. The largest absolute Gasteiger partial charge is 0.461 e. The number of nitrogens with zero attached hydrogens (tertiary/aromatic N) is 1. The highest BCUT2D eigenvalue weighted by molar-refractivity contribution is 7.15. The van der Waals surface area contributed by atoms with Crippen LogP contribution in [0.25, 0.3) is 0 Å². The molecule has 1 N–H and O–H groups in total. The van der Waals surface area contributed by atoms with Crippen LogP contribution in [0.4, 0.5) is 18.3 Å². The van der Waals surface area contributed by atoms with E-state index in [4.69, 9.17) is 9.72 Å². The summed E-state index contributed by atoms with van der Waals surface area (Å²) in [6.45, 7) is 6.32. The molecule has 1 amide bonds. The maximum atomic E-state index is 12.8. The van der Waals surface area contributed by atoms with Gasteiger partial charge in [0.1, 0.15) is 6.10 Å². The van der Waals surface area contributed by atoms with Gasteiger partial charge in [-0.25, -0.2) is 4.98 Å². The zero-order valence-electron chi connectivity index (χ0n) is 18.5. The van der Waals surface area contributed by atoms with Crippen molar-refractivity contribution >= 4 is 28.3 Å². The van der Waals surface area contributed by atoms with Crippen molar-refractivity contribution in [2.45, 2.75) is 58.2 Å². The molecule has 1 aromatic carbocycles. The summed E-state index contributed by atoms with van der Waals surface area (Å²) in [5.41, 5.74) is 0.244. The quantitative estimate of drug-likeness (QED) is 0.565. The predicted octanol–water partition coefficient (Wildman–Crippen LogP) is 5.67. The minimum absolute atomic E-state index is 0.0147. The summed E-state index contributed by atoms with van der Waals surface area (Å²) in [5, 5.41) is 3.19. The summed E-state index contributed by atoms with van der Waals surface area (Å²) >= 11 is 1.42. The third-order valence-electron chi connectivity index (χ3n) is 7.85. The molecule has 0 bridgehead atoms. The van der Waals surface area contributed by atoms with E-state index in [0.29, 0.717) is 5.13 Å². The molecule has 2 fully saturated rings. The molecule has 1 saturated carbocycles. The lowest BCUT2D eigenvalue weighted by atomic mass is 9.54. The number of hydrogen-bond acceptors (Lipinski definition) is 5. The fourth-order valence-electron chi connectivity index (χ4n) is 6.11. The number of carbonyl (C=O) groups is 2. The SMILES string of the molecule is C[C@@H]1C(=O)O[C@H]2[C@H]1CC[C@@]1(C)Cc3sc(NC(=O)c4ccc(C(F)(F)F)cc4)nc3[C@@H](C)[C@H]21.